The van der Waals surface area contributed by atoms with Gasteiger partial charge in [-0.25, -0.2) is 4.39 Å². The second kappa shape index (κ2) is 5.57. The molecule has 0 atom stereocenters. The Morgan fingerprint density at radius 1 is 1.42 bits per heavy atom. The van der Waals surface area contributed by atoms with Gasteiger partial charge in [-0.05, 0) is 52.0 Å². The smallest absolute Gasteiger partial charge is 0.251 e. The van der Waals surface area contributed by atoms with Crippen LogP contribution in [-0.2, 0) is 0 Å². The van der Waals surface area contributed by atoms with E-state index in [4.69, 9.17) is 5.73 Å². The highest BCUT2D eigenvalue weighted by Crippen LogP contribution is 2.18. The van der Waals surface area contributed by atoms with Gasteiger partial charge < -0.3 is 16.0 Å². The van der Waals surface area contributed by atoms with Crippen molar-refractivity contribution in [3.63, 3.8) is 0 Å². The van der Waals surface area contributed by atoms with E-state index in [1.165, 1.54) is 12.1 Å². The number of nitrogen functional groups attached to an aromatic ring is 1. The van der Waals surface area contributed by atoms with Crippen molar-refractivity contribution in [1.82, 2.24) is 10.2 Å². The van der Waals surface area contributed by atoms with Gasteiger partial charge in [0.2, 0.25) is 0 Å². The van der Waals surface area contributed by atoms with Gasteiger partial charge in [-0.3, -0.25) is 4.79 Å². The molecule has 104 valence electrons. The lowest BCUT2D eigenvalue weighted by atomic mass is 10.0. The highest BCUT2D eigenvalue weighted by Gasteiger charge is 2.19. The fourth-order valence-electron chi connectivity index (χ4n) is 2.25. The number of hydrogen-bond donors (Lipinski definition) is 2. The minimum Gasteiger partial charge on any atom is -0.398 e. The number of hydrogen-bond acceptors (Lipinski definition) is 3. The number of nitrogens with two attached hydrogens (primary N) is 1. The van der Waals surface area contributed by atoms with E-state index in [0.717, 1.165) is 25.9 Å². The van der Waals surface area contributed by atoms with E-state index < -0.39 is 5.82 Å². The number of nitrogens with one attached hydrogen (secondary N) is 1. The van der Waals surface area contributed by atoms with Crippen molar-refractivity contribution in [1.29, 1.82) is 0 Å². The van der Waals surface area contributed by atoms with Crippen molar-refractivity contribution in [2.45, 2.75) is 25.8 Å². The molecule has 0 saturated carbocycles. The Kier molecular flexibility index (Phi) is 4.04. The normalized spacial score (nSPS) is 17.4. The third-order valence-corrected chi connectivity index (χ3v) is 3.70. The van der Waals surface area contributed by atoms with Gasteiger partial charge >= 0.3 is 0 Å². The van der Waals surface area contributed by atoms with Crippen LogP contribution in [0.15, 0.2) is 12.1 Å². The van der Waals surface area contributed by atoms with E-state index in [0.29, 0.717) is 16.8 Å². The SMILES string of the molecule is Cc1c(N)cc(C(=O)NC2CCN(C)CC2)cc1F. The summed E-state index contributed by atoms with van der Waals surface area (Å²) < 4.78 is 13.6. The standard InChI is InChI=1S/C14H20FN3O/c1-9-12(15)7-10(8-13(9)16)14(19)17-11-3-5-18(2)6-4-11/h7-8,11H,3-6,16H2,1-2H3,(H,17,19). The van der Waals surface area contributed by atoms with Crippen molar-refractivity contribution in [2.75, 3.05) is 25.9 Å². The number of carbonyl (C=O) groups excluding carboxylic acids is 1. The minimum atomic E-state index is -0.437. The number of piperidine rings is 1. The Hall–Kier alpha value is -1.62. The Morgan fingerprint density at radius 2 is 2.05 bits per heavy atom. The van der Waals surface area contributed by atoms with E-state index >= 15 is 0 Å². The highest BCUT2D eigenvalue weighted by atomic mass is 19.1. The fourth-order valence-corrected chi connectivity index (χ4v) is 2.25. The molecule has 0 aromatic heterocycles. The maximum Gasteiger partial charge on any atom is 0.251 e. The van der Waals surface area contributed by atoms with Crippen molar-refractivity contribution in [3.8, 4) is 0 Å². The summed E-state index contributed by atoms with van der Waals surface area (Å²) in [5.74, 6) is -0.686. The summed E-state index contributed by atoms with van der Waals surface area (Å²) in [7, 11) is 2.06. The van der Waals surface area contributed by atoms with Gasteiger partial charge in [-0.15, -0.1) is 0 Å². The molecule has 2 rings (SSSR count). The second-order valence-corrected chi connectivity index (χ2v) is 5.22. The monoisotopic (exact) mass is 265 g/mol. The first-order chi connectivity index (χ1) is 8.97. The number of likely N-dealkylation sites (tertiary alicyclic amines) is 1. The number of amides is 1. The summed E-state index contributed by atoms with van der Waals surface area (Å²) in [6, 6.07) is 2.94. The van der Waals surface area contributed by atoms with E-state index in [1.54, 1.807) is 6.92 Å². The van der Waals surface area contributed by atoms with Crippen LogP contribution in [0.2, 0.25) is 0 Å². The molecule has 1 amide bonds. The van der Waals surface area contributed by atoms with Crippen LogP contribution in [0.25, 0.3) is 0 Å². The quantitative estimate of drug-likeness (QED) is 0.797. The van der Waals surface area contributed by atoms with Crippen molar-refractivity contribution in [2.24, 2.45) is 0 Å². The first-order valence-electron chi connectivity index (χ1n) is 6.52. The highest BCUT2D eigenvalue weighted by molar-refractivity contribution is 5.95. The summed E-state index contributed by atoms with van der Waals surface area (Å²) in [6.07, 6.45) is 1.85. The third kappa shape index (κ3) is 3.23. The molecule has 3 N–H and O–H groups in total. The molecule has 1 aromatic carbocycles. The summed E-state index contributed by atoms with van der Waals surface area (Å²) in [5, 5.41) is 2.94. The Labute approximate surface area is 112 Å². The van der Waals surface area contributed by atoms with Crippen LogP contribution in [0.5, 0.6) is 0 Å². The predicted molar refractivity (Wildman–Crippen MR) is 73.5 cm³/mol. The van der Waals surface area contributed by atoms with Gasteiger partial charge in [0.15, 0.2) is 0 Å². The van der Waals surface area contributed by atoms with E-state index in [9.17, 15) is 9.18 Å². The molecule has 1 aromatic rings. The first-order valence-corrected chi connectivity index (χ1v) is 6.52. The topological polar surface area (TPSA) is 58.4 Å². The van der Waals surface area contributed by atoms with Crippen LogP contribution in [0, 0.1) is 12.7 Å². The maximum atomic E-state index is 13.6. The molecule has 0 aliphatic carbocycles. The third-order valence-electron chi connectivity index (χ3n) is 3.70. The Balaban J connectivity index is 2.04. The number of rotatable bonds is 2. The van der Waals surface area contributed by atoms with Gasteiger partial charge in [-0.2, -0.15) is 0 Å². The van der Waals surface area contributed by atoms with Crippen LogP contribution in [0.4, 0.5) is 10.1 Å². The zero-order valence-corrected chi connectivity index (χ0v) is 11.4. The minimum absolute atomic E-state index is 0.161. The van der Waals surface area contributed by atoms with Gasteiger partial charge in [-0.1, -0.05) is 0 Å². The Morgan fingerprint density at radius 3 is 2.63 bits per heavy atom. The molecular weight excluding hydrogens is 245 g/mol. The molecular formula is C14H20FN3O. The molecule has 1 heterocycles. The van der Waals surface area contributed by atoms with Gasteiger partial charge in [0, 0.05) is 22.9 Å². The summed E-state index contributed by atoms with van der Waals surface area (Å²) >= 11 is 0. The van der Waals surface area contributed by atoms with Crippen LogP contribution >= 0.6 is 0 Å². The van der Waals surface area contributed by atoms with Crippen LogP contribution < -0.4 is 11.1 Å². The molecule has 1 aliphatic heterocycles. The Bertz CT molecular complexity index is 459. The van der Waals surface area contributed by atoms with Gasteiger partial charge in [0.1, 0.15) is 5.82 Å². The summed E-state index contributed by atoms with van der Waals surface area (Å²) in [6.45, 7) is 3.54. The van der Waals surface area contributed by atoms with Crippen LogP contribution in [-0.4, -0.2) is 37.0 Å². The van der Waals surface area contributed by atoms with E-state index in [-0.39, 0.29) is 11.9 Å². The molecule has 5 heteroatoms. The average Bonchev–Trinajstić information content (AvgIpc) is 2.38. The second-order valence-electron chi connectivity index (χ2n) is 5.22. The van der Waals surface area contributed by atoms with Gasteiger partial charge in [0.05, 0.1) is 0 Å². The predicted octanol–water partition coefficient (Wildman–Crippen LogP) is 1.54. The lowest BCUT2D eigenvalue weighted by Crippen LogP contribution is -2.43. The summed E-state index contributed by atoms with van der Waals surface area (Å²) in [5.41, 5.74) is 6.67. The molecule has 1 aliphatic rings. The number of nitrogens with zero attached hydrogens (tertiary/aromatic N) is 1. The number of halogens is 1. The fraction of sp³-hybridized carbons (Fsp3) is 0.500. The first kappa shape index (κ1) is 13.8. The maximum absolute atomic E-state index is 13.6. The lowest BCUT2D eigenvalue weighted by Gasteiger charge is -2.29. The largest absolute Gasteiger partial charge is 0.398 e. The van der Waals surface area contributed by atoms with Gasteiger partial charge in [0.25, 0.3) is 5.91 Å². The molecule has 0 spiro atoms. The molecule has 0 unspecified atom stereocenters. The molecule has 1 fully saturated rings. The molecule has 0 radical (unpaired) electrons. The number of anilines is 1. The van der Waals surface area contributed by atoms with E-state index in [1.807, 2.05) is 0 Å². The van der Waals surface area contributed by atoms with E-state index in [2.05, 4.69) is 17.3 Å². The van der Waals surface area contributed by atoms with Crippen LogP contribution in [0.3, 0.4) is 0 Å². The molecule has 1 saturated heterocycles. The average molecular weight is 265 g/mol. The zero-order valence-electron chi connectivity index (χ0n) is 11.4. The van der Waals surface area contributed by atoms with Crippen LogP contribution in [0.1, 0.15) is 28.8 Å². The van der Waals surface area contributed by atoms with Crippen molar-refractivity contribution in [3.05, 3.63) is 29.1 Å². The number of benzene rings is 1. The molecule has 4 nitrogen and oxygen atoms in total. The summed E-state index contributed by atoms with van der Waals surface area (Å²) in [4.78, 5) is 14.3. The lowest BCUT2D eigenvalue weighted by molar-refractivity contribution is 0.0916. The van der Waals surface area contributed by atoms with Crippen molar-refractivity contribution >= 4 is 11.6 Å². The zero-order chi connectivity index (χ0) is 14.0. The molecule has 19 heavy (non-hydrogen) atoms. The van der Waals surface area contributed by atoms with Crippen molar-refractivity contribution < 1.29 is 9.18 Å². The molecule has 0 bridgehead atoms. The number of carbonyl (C=O) groups is 1.